The zero-order valence-corrected chi connectivity index (χ0v) is 8.84. The summed E-state index contributed by atoms with van der Waals surface area (Å²) in [4.78, 5) is 19.0. The minimum absolute atomic E-state index is 0.316. The molecule has 1 aromatic heterocycles. The first-order valence-corrected chi connectivity index (χ1v) is 4.86. The standard InChI is InChI=1S/C12H11N3O/c1-8-2-4-9(5-3-8)12-14-6-10(7-15-12)11(13)16/h2-7H,1H3,(H2,13,16). The van der Waals surface area contributed by atoms with Crippen LogP contribution in [0.1, 0.15) is 15.9 Å². The Morgan fingerprint density at radius 3 is 2.19 bits per heavy atom. The number of primary amides is 1. The molecule has 0 aliphatic carbocycles. The third-order valence-corrected chi connectivity index (χ3v) is 2.25. The van der Waals surface area contributed by atoms with Crippen molar-refractivity contribution in [1.82, 2.24) is 9.97 Å². The molecule has 0 radical (unpaired) electrons. The molecule has 0 unspecified atom stereocenters. The van der Waals surface area contributed by atoms with Gasteiger partial charge in [-0.15, -0.1) is 0 Å². The normalized spacial score (nSPS) is 10.1. The number of hydrogen-bond acceptors (Lipinski definition) is 3. The van der Waals surface area contributed by atoms with Crippen molar-refractivity contribution in [1.29, 1.82) is 0 Å². The zero-order valence-electron chi connectivity index (χ0n) is 8.84. The molecule has 0 aliphatic heterocycles. The maximum absolute atomic E-state index is 10.8. The maximum Gasteiger partial charge on any atom is 0.251 e. The van der Waals surface area contributed by atoms with Crippen molar-refractivity contribution >= 4 is 5.91 Å². The summed E-state index contributed by atoms with van der Waals surface area (Å²) in [5, 5.41) is 0. The second-order valence-corrected chi connectivity index (χ2v) is 3.53. The van der Waals surface area contributed by atoms with Gasteiger partial charge in [0.2, 0.25) is 0 Å². The van der Waals surface area contributed by atoms with Crippen LogP contribution in [0.3, 0.4) is 0 Å². The highest BCUT2D eigenvalue weighted by Gasteiger charge is 2.03. The van der Waals surface area contributed by atoms with Crippen molar-refractivity contribution in [3.63, 3.8) is 0 Å². The van der Waals surface area contributed by atoms with Crippen LogP contribution in [0.25, 0.3) is 11.4 Å². The Bertz CT molecular complexity index is 503. The van der Waals surface area contributed by atoms with Crippen LogP contribution in [-0.2, 0) is 0 Å². The number of carbonyl (C=O) groups is 1. The van der Waals surface area contributed by atoms with Gasteiger partial charge in [0.25, 0.3) is 5.91 Å². The Balaban J connectivity index is 2.34. The molecule has 0 fully saturated rings. The number of aromatic nitrogens is 2. The summed E-state index contributed by atoms with van der Waals surface area (Å²) in [6.07, 6.45) is 2.87. The summed E-state index contributed by atoms with van der Waals surface area (Å²) in [5.74, 6) is 0.0699. The monoisotopic (exact) mass is 213 g/mol. The van der Waals surface area contributed by atoms with Gasteiger partial charge < -0.3 is 5.73 Å². The number of amides is 1. The largest absolute Gasteiger partial charge is 0.366 e. The highest BCUT2D eigenvalue weighted by Crippen LogP contribution is 2.14. The lowest BCUT2D eigenvalue weighted by Gasteiger charge is -2.00. The maximum atomic E-state index is 10.8. The molecule has 1 aromatic carbocycles. The van der Waals surface area contributed by atoms with Gasteiger partial charge in [-0.2, -0.15) is 0 Å². The molecule has 2 rings (SSSR count). The van der Waals surface area contributed by atoms with Crippen molar-refractivity contribution < 1.29 is 4.79 Å². The lowest BCUT2D eigenvalue weighted by atomic mass is 10.1. The summed E-state index contributed by atoms with van der Waals surface area (Å²) in [7, 11) is 0. The van der Waals surface area contributed by atoms with Crippen molar-refractivity contribution in [3.8, 4) is 11.4 Å². The molecule has 4 heteroatoms. The molecular weight excluding hydrogens is 202 g/mol. The van der Waals surface area contributed by atoms with Crippen molar-refractivity contribution in [2.24, 2.45) is 5.73 Å². The van der Waals surface area contributed by atoms with E-state index in [4.69, 9.17) is 5.73 Å². The van der Waals surface area contributed by atoms with Crippen molar-refractivity contribution in [3.05, 3.63) is 47.8 Å². The predicted molar refractivity (Wildman–Crippen MR) is 60.7 cm³/mol. The summed E-state index contributed by atoms with van der Waals surface area (Å²) in [6, 6.07) is 7.85. The van der Waals surface area contributed by atoms with Gasteiger partial charge in [0, 0.05) is 18.0 Å². The third kappa shape index (κ3) is 2.06. The van der Waals surface area contributed by atoms with Crippen LogP contribution >= 0.6 is 0 Å². The molecule has 0 saturated heterocycles. The lowest BCUT2D eigenvalue weighted by molar-refractivity contribution is 0.0999. The first-order chi connectivity index (χ1) is 7.66. The first kappa shape index (κ1) is 10.3. The fourth-order valence-electron chi connectivity index (χ4n) is 1.31. The van der Waals surface area contributed by atoms with E-state index in [1.54, 1.807) is 0 Å². The van der Waals surface area contributed by atoms with Gasteiger partial charge in [-0.1, -0.05) is 29.8 Å². The Morgan fingerprint density at radius 2 is 1.69 bits per heavy atom. The van der Waals surface area contributed by atoms with Crippen LogP contribution in [-0.4, -0.2) is 15.9 Å². The fraction of sp³-hybridized carbons (Fsp3) is 0.0833. The number of rotatable bonds is 2. The van der Waals surface area contributed by atoms with Crippen LogP contribution in [0.15, 0.2) is 36.7 Å². The van der Waals surface area contributed by atoms with E-state index in [9.17, 15) is 4.79 Å². The zero-order chi connectivity index (χ0) is 11.5. The van der Waals surface area contributed by atoms with E-state index >= 15 is 0 Å². The topological polar surface area (TPSA) is 68.9 Å². The summed E-state index contributed by atoms with van der Waals surface area (Å²) >= 11 is 0. The van der Waals surface area contributed by atoms with Gasteiger partial charge in [0.15, 0.2) is 5.82 Å². The molecule has 0 spiro atoms. The van der Waals surface area contributed by atoms with E-state index < -0.39 is 5.91 Å². The van der Waals surface area contributed by atoms with Gasteiger partial charge in [-0.25, -0.2) is 9.97 Å². The summed E-state index contributed by atoms with van der Waals surface area (Å²) in [6.45, 7) is 2.01. The van der Waals surface area contributed by atoms with E-state index in [1.165, 1.54) is 18.0 Å². The molecule has 0 bridgehead atoms. The van der Waals surface area contributed by atoms with Crippen LogP contribution < -0.4 is 5.73 Å². The Hall–Kier alpha value is -2.23. The molecule has 4 nitrogen and oxygen atoms in total. The summed E-state index contributed by atoms with van der Waals surface area (Å²) < 4.78 is 0. The van der Waals surface area contributed by atoms with E-state index in [0.29, 0.717) is 11.4 Å². The number of hydrogen-bond donors (Lipinski definition) is 1. The highest BCUT2D eigenvalue weighted by atomic mass is 16.1. The van der Waals surface area contributed by atoms with Gasteiger partial charge in [0.1, 0.15) is 0 Å². The third-order valence-electron chi connectivity index (χ3n) is 2.25. The second-order valence-electron chi connectivity index (χ2n) is 3.53. The van der Waals surface area contributed by atoms with Crippen molar-refractivity contribution in [2.45, 2.75) is 6.92 Å². The number of nitrogens with zero attached hydrogens (tertiary/aromatic N) is 2. The van der Waals surface area contributed by atoms with Crippen LogP contribution in [0.4, 0.5) is 0 Å². The van der Waals surface area contributed by atoms with Gasteiger partial charge >= 0.3 is 0 Å². The first-order valence-electron chi connectivity index (χ1n) is 4.86. The van der Waals surface area contributed by atoms with Crippen LogP contribution in [0, 0.1) is 6.92 Å². The molecule has 80 valence electrons. The predicted octanol–water partition coefficient (Wildman–Crippen LogP) is 1.55. The minimum atomic E-state index is -0.518. The van der Waals surface area contributed by atoms with Crippen LogP contribution in [0.2, 0.25) is 0 Å². The average molecular weight is 213 g/mol. The molecule has 0 saturated carbocycles. The molecule has 16 heavy (non-hydrogen) atoms. The van der Waals surface area contributed by atoms with E-state index in [1.807, 2.05) is 31.2 Å². The Morgan fingerprint density at radius 1 is 1.12 bits per heavy atom. The highest BCUT2D eigenvalue weighted by molar-refractivity contribution is 5.92. The van der Waals surface area contributed by atoms with Gasteiger partial charge in [-0.05, 0) is 6.92 Å². The lowest BCUT2D eigenvalue weighted by Crippen LogP contribution is -2.11. The quantitative estimate of drug-likeness (QED) is 0.822. The number of aryl methyl sites for hydroxylation is 1. The van der Waals surface area contributed by atoms with Gasteiger partial charge in [0.05, 0.1) is 5.56 Å². The van der Waals surface area contributed by atoms with E-state index in [0.717, 1.165) is 5.56 Å². The fourth-order valence-corrected chi connectivity index (χ4v) is 1.31. The minimum Gasteiger partial charge on any atom is -0.366 e. The second kappa shape index (κ2) is 4.10. The molecule has 2 aromatic rings. The van der Waals surface area contributed by atoms with Gasteiger partial charge in [-0.3, -0.25) is 4.79 Å². The average Bonchev–Trinajstić information content (AvgIpc) is 2.30. The molecule has 2 N–H and O–H groups in total. The molecule has 1 amide bonds. The number of benzene rings is 1. The van der Waals surface area contributed by atoms with Crippen LogP contribution in [0.5, 0.6) is 0 Å². The SMILES string of the molecule is Cc1ccc(-c2ncc(C(N)=O)cn2)cc1. The molecule has 1 heterocycles. The molecular formula is C12H11N3O. The summed E-state index contributed by atoms with van der Waals surface area (Å²) in [5.41, 5.74) is 7.52. The Kier molecular flexibility index (Phi) is 2.64. The van der Waals surface area contributed by atoms with Crippen molar-refractivity contribution in [2.75, 3.05) is 0 Å². The molecule has 0 atom stereocenters. The number of carbonyl (C=O) groups excluding carboxylic acids is 1. The number of nitrogens with two attached hydrogens (primary N) is 1. The van der Waals surface area contributed by atoms with E-state index in [2.05, 4.69) is 9.97 Å². The molecule has 0 aliphatic rings. The van der Waals surface area contributed by atoms with E-state index in [-0.39, 0.29) is 0 Å². The smallest absolute Gasteiger partial charge is 0.251 e. The Labute approximate surface area is 93.2 Å².